The minimum Gasteiger partial charge on any atom is -0.478 e. The van der Waals surface area contributed by atoms with Crippen LogP contribution >= 0.6 is 0 Å². The number of benzene rings is 1. The molecule has 4 heteroatoms. The highest BCUT2D eigenvalue weighted by atomic mass is 16.5. The number of carboxylic acid groups (broad SMARTS) is 1. The summed E-state index contributed by atoms with van der Waals surface area (Å²) < 4.78 is 5.19. The van der Waals surface area contributed by atoms with Crippen molar-refractivity contribution in [3.63, 3.8) is 0 Å². The summed E-state index contributed by atoms with van der Waals surface area (Å²) in [6.07, 6.45) is 9.60. The maximum absolute atomic E-state index is 11.8. The van der Waals surface area contributed by atoms with Crippen molar-refractivity contribution in [3.8, 4) is 0 Å². The van der Waals surface area contributed by atoms with Crippen molar-refractivity contribution in [1.82, 2.24) is 0 Å². The second kappa shape index (κ2) is 10.8. The number of carbonyl (C=O) groups excluding carboxylic acids is 1. The number of hydrogen-bond donors (Lipinski definition) is 1. The van der Waals surface area contributed by atoms with Gasteiger partial charge in [-0.1, -0.05) is 51.9 Å². The molecule has 0 spiro atoms. The average Bonchev–Trinajstić information content (AvgIpc) is 2.53. The molecule has 1 aromatic carbocycles. The lowest BCUT2D eigenvalue weighted by Gasteiger charge is -2.05. The fraction of sp³-hybridized carbons (Fsp3) is 0.556. The molecule has 1 aromatic rings. The van der Waals surface area contributed by atoms with E-state index < -0.39 is 5.97 Å². The Morgan fingerprint density at radius 2 is 1.36 bits per heavy atom. The van der Waals surface area contributed by atoms with Crippen LogP contribution in [0.4, 0.5) is 0 Å². The summed E-state index contributed by atoms with van der Waals surface area (Å²) in [7, 11) is 0. The molecule has 0 unspecified atom stereocenters. The van der Waals surface area contributed by atoms with Gasteiger partial charge >= 0.3 is 11.9 Å². The molecular weight excluding hydrogens is 280 g/mol. The monoisotopic (exact) mass is 306 g/mol. The molecule has 0 aliphatic rings. The zero-order valence-corrected chi connectivity index (χ0v) is 13.3. The first kappa shape index (κ1) is 18.2. The fourth-order valence-corrected chi connectivity index (χ4v) is 2.23. The minimum atomic E-state index is -1.00. The topological polar surface area (TPSA) is 63.6 Å². The highest BCUT2D eigenvalue weighted by Crippen LogP contribution is 2.10. The Labute approximate surface area is 132 Å². The van der Waals surface area contributed by atoms with Gasteiger partial charge in [0.25, 0.3) is 0 Å². The van der Waals surface area contributed by atoms with Crippen LogP contribution in [0.1, 0.15) is 79.0 Å². The Kier molecular flexibility index (Phi) is 8.96. The lowest BCUT2D eigenvalue weighted by atomic mass is 10.1. The lowest BCUT2D eigenvalue weighted by Crippen LogP contribution is -2.07. The van der Waals surface area contributed by atoms with Crippen molar-refractivity contribution < 1.29 is 19.4 Å². The van der Waals surface area contributed by atoms with Crippen molar-refractivity contribution >= 4 is 11.9 Å². The third kappa shape index (κ3) is 7.25. The smallest absolute Gasteiger partial charge is 0.338 e. The molecule has 1 rings (SSSR count). The molecule has 0 atom stereocenters. The number of hydrogen-bond acceptors (Lipinski definition) is 3. The van der Waals surface area contributed by atoms with Crippen molar-refractivity contribution in [2.45, 2.75) is 58.3 Å². The first-order valence-electron chi connectivity index (χ1n) is 8.15. The van der Waals surface area contributed by atoms with Crippen LogP contribution < -0.4 is 0 Å². The van der Waals surface area contributed by atoms with Crippen LogP contribution in [0, 0.1) is 0 Å². The predicted molar refractivity (Wildman–Crippen MR) is 86.3 cm³/mol. The van der Waals surface area contributed by atoms with E-state index in [1.807, 2.05) is 0 Å². The molecule has 0 aliphatic heterocycles. The molecule has 0 radical (unpaired) electrons. The normalized spacial score (nSPS) is 10.4. The molecule has 0 aromatic heterocycles. The molecule has 122 valence electrons. The predicted octanol–water partition coefficient (Wildman–Crippen LogP) is 4.68. The quantitative estimate of drug-likeness (QED) is 0.476. The van der Waals surface area contributed by atoms with Crippen LogP contribution in [-0.2, 0) is 4.74 Å². The van der Waals surface area contributed by atoms with E-state index in [1.54, 1.807) is 0 Å². The number of rotatable bonds is 11. The van der Waals surface area contributed by atoms with Gasteiger partial charge in [-0.2, -0.15) is 0 Å². The SMILES string of the molecule is CCCCCCCCCCOC(=O)c1ccc(C(=O)O)cc1. The molecule has 0 heterocycles. The Bertz CT molecular complexity index is 451. The van der Waals surface area contributed by atoms with Gasteiger partial charge in [0.1, 0.15) is 0 Å². The Balaban J connectivity index is 2.12. The molecule has 1 N–H and O–H groups in total. The number of carboxylic acids is 1. The van der Waals surface area contributed by atoms with Crippen LogP contribution in [0.3, 0.4) is 0 Å². The lowest BCUT2D eigenvalue weighted by molar-refractivity contribution is 0.0496. The first-order valence-corrected chi connectivity index (χ1v) is 8.15. The van der Waals surface area contributed by atoms with Crippen molar-refractivity contribution in [2.24, 2.45) is 0 Å². The van der Waals surface area contributed by atoms with Crippen LogP contribution in [0.5, 0.6) is 0 Å². The first-order chi connectivity index (χ1) is 10.6. The largest absolute Gasteiger partial charge is 0.478 e. The number of carbonyl (C=O) groups is 2. The van der Waals surface area contributed by atoms with Crippen molar-refractivity contribution in [2.75, 3.05) is 6.61 Å². The van der Waals surface area contributed by atoms with Crippen LogP contribution in [0.15, 0.2) is 24.3 Å². The van der Waals surface area contributed by atoms with Crippen molar-refractivity contribution in [3.05, 3.63) is 35.4 Å². The standard InChI is InChI=1S/C18H26O4/c1-2-3-4-5-6-7-8-9-14-22-18(21)16-12-10-15(11-13-16)17(19)20/h10-13H,2-9,14H2,1H3,(H,19,20). The number of ether oxygens (including phenoxy) is 1. The molecule has 22 heavy (non-hydrogen) atoms. The van der Waals surface area contributed by atoms with Crippen molar-refractivity contribution in [1.29, 1.82) is 0 Å². The number of unbranched alkanes of at least 4 members (excludes halogenated alkanes) is 7. The summed E-state index contributed by atoms with van der Waals surface area (Å²) in [5.41, 5.74) is 0.559. The van der Waals surface area contributed by atoms with Gasteiger partial charge in [0, 0.05) is 0 Å². The molecular formula is C18H26O4. The Morgan fingerprint density at radius 1 is 0.864 bits per heavy atom. The summed E-state index contributed by atoms with van der Waals surface area (Å²) in [4.78, 5) is 22.5. The highest BCUT2D eigenvalue weighted by Gasteiger charge is 2.08. The van der Waals surface area contributed by atoms with Gasteiger partial charge in [-0.05, 0) is 30.7 Å². The van der Waals surface area contributed by atoms with E-state index in [-0.39, 0.29) is 11.5 Å². The second-order valence-electron chi connectivity index (χ2n) is 5.49. The molecule has 0 fully saturated rings. The second-order valence-corrected chi connectivity index (χ2v) is 5.49. The van der Waals surface area contributed by atoms with Gasteiger partial charge < -0.3 is 9.84 Å². The fourth-order valence-electron chi connectivity index (χ4n) is 2.23. The van der Waals surface area contributed by atoms with Crippen LogP contribution in [0.2, 0.25) is 0 Å². The molecule has 4 nitrogen and oxygen atoms in total. The maximum atomic E-state index is 11.8. The van der Waals surface area contributed by atoms with E-state index in [2.05, 4.69) is 6.92 Å². The highest BCUT2D eigenvalue weighted by molar-refractivity contribution is 5.92. The van der Waals surface area contributed by atoms with E-state index >= 15 is 0 Å². The van der Waals surface area contributed by atoms with Gasteiger partial charge in [0.2, 0.25) is 0 Å². The molecule has 0 aliphatic carbocycles. The van der Waals surface area contributed by atoms with Gasteiger partial charge in [-0.25, -0.2) is 9.59 Å². The van der Waals surface area contributed by atoms with Gasteiger partial charge in [0.05, 0.1) is 17.7 Å². The molecule has 0 amide bonds. The van der Waals surface area contributed by atoms with E-state index in [9.17, 15) is 9.59 Å². The van der Waals surface area contributed by atoms with E-state index in [1.165, 1.54) is 62.8 Å². The zero-order valence-electron chi connectivity index (χ0n) is 13.3. The number of esters is 1. The summed E-state index contributed by atoms with van der Waals surface area (Å²) in [6, 6.07) is 5.80. The maximum Gasteiger partial charge on any atom is 0.338 e. The average molecular weight is 306 g/mol. The summed E-state index contributed by atoms with van der Waals surface area (Å²) in [5, 5.41) is 8.79. The van der Waals surface area contributed by atoms with E-state index in [0.29, 0.717) is 12.2 Å². The summed E-state index contributed by atoms with van der Waals surface area (Å²) >= 11 is 0. The van der Waals surface area contributed by atoms with E-state index in [4.69, 9.17) is 9.84 Å². The van der Waals surface area contributed by atoms with E-state index in [0.717, 1.165) is 12.8 Å². The summed E-state index contributed by atoms with van der Waals surface area (Å²) in [5.74, 6) is -1.39. The van der Waals surface area contributed by atoms with Crippen LogP contribution in [0.25, 0.3) is 0 Å². The van der Waals surface area contributed by atoms with Gasteiger partial charge in [0.15, 0.2) is 0 Å². The Morgan fingerprint density at radius 3 is 1.91 bits per heavy atom. The van der Waals surface area contributed by atoms with Crippen LogP contribution in [-0.4, -0.2) is 23.7 Å². The molecule has 0 saturated heterocycles. The van der Waals surface area contributed by atoms with Gasteiger partial charge in [-0.3, -0.25) is 0 Å². The molecule has 0 bridgehead atoms. The third-order valence-corrected chi connectivity index (χ3v) is 3.60. The zero-order chi connectivity index (χ0) is 16.2. The molecule has 0 saturated carbocycles. The Hall–Kier alpha value is -1.84. The third-order valence-electron chi connectivity index (χ3n) is 3.60. The van der Waals surface area contributed by atoms with Gasteiger partial charge in [-0.15, -0.1) is 0 Å². The summed E-state index contributed by atoms with van der Waals surface area (Å²) in [6.45, 7) is 2.64. The minimum absolute atomic E-state index is 0.166. The number of aromatic carboxylic acids is 1.